The van der Waals surface area contributed by atoms with Crippen molar-refractivity contribution in [3.8, 4) is 11.3 Å². The van der Waals surface area contributed by atoms with Crippen LogP contribution in [-0.4, -0.2) is 16.1 Å². The smallest absolute Gasteiger partial charge is 0.337 e. The third-order valence-electron chi connectivity index (χ3n) is 2.49. The minimum absolute atomic E-state index is 0.310. The van der Waals surface area contributed by atoms with Gasteiger partial charge in [0.15, 0.2) is 0 Å². The fourth-order valence-electron chi connectivity index (χ4n) is 1.91. The highest BCUT2D eigenvalue weighted by Crippen LogP contribution is 2.24. The first kappa shape index (κ1) is 10.5. The highest BCUT2D eigenvalue weighted by molar-refractivity contribution is 5.95. The molecule has 1 heterocycles. The molecule has 0 atom stereocenters. The van der Waals surface area contributed by atoms with Crippen molar-refractivity contribution < 1.29 is 9.90 Å². The average Bonchev–Trinajstić information content (AvgIpc) is 2.63. The van der Waals surface area contributed by atoms with Crippen molar-refractivity contribution in [3.05, 3.63) is 47.2 Å². The second-order valence-corrected chi connectivity index (χ2v) is 3.95. The second kappa shape index (κ2) is 3.85. The Morgan fingerprint density at radius 2 is 1.81 bits per heavy atom. The number of hydrogen-bond donors (Lipinski definition) is 2. The predicted octanol–water partition coefficient (Wildman–Crippen LogP) is 3.00. The summed E-state index contributed by atoms with van der Waals surface area (Å²) in [5.74, 6) is -0.907. The molecule has 1 aromatic heterocycles. The van der Waals surface area contributed by atoms with Crippen LogP contribution >= 0.6 is 0 Å². The minimum Gasteiger partial charge on any atom is -0.478 e. The van der Waals surface area contributed by atoms with Crippen LogP contribution in [-0.2, 0) is 0 Å². The molecule has 3 heteroatoms. The van der Waals surface area contributed by atoms with E-state index in [0.29, 0.717) is 11.3 Å². The molecular weight excluding hydrogens is 202 g/mol. The van der Waals surface area contributed by atoms with Gasteiger partial charge in [-0.2, -0.15) is 0 Å². The van der Waals surface area contributed by atoms with E-state index in [1.165, 1.54) is 0 Å². The van der Waals surface area contributed by atoms with Gasteiger partial charge in [-0.05, 0) is 37.6 Å². The van der Waals surface area contributed by atoms with Crippen molar-refractivity contribution >= 4 is 5.97 Å². The van der Waals surface area contributed by atoms with Crippen LogP contribution in [0.15, 0.2) is 30.5 Å². The summed E-state index contributed by atoms with van der Waals surface area (Å²) in [6.45, 7) is 4.00. The molecule has 1 aromatic carbocycles. The lowest BCUT2D eigenvalue weighted by Crippen LogP contribution is -1.97. The molecule has 0 unspecified atom stereocenters. The molecule has 2 rings (SSSR count). The second-order valence-electron chi connectivity index (χ2n) is 3.95. The van der Waals surface area contributed by atoms with E-state index < -0.39 is 5.97 Å². The Hall–Kier alpha value is -2.03. The van der Waals surface area contributed by atoms with Gasteiger partial charge in [0.25, 0.3) is 0 Å². The maximum absolute atomic E-state index is 11.0. The zero-order chi connectivity index (χ0) is 11.7. The summed E-state index contributed by atoms with van der Waals surface area (Å²) in [5.41, 5.74) is 4.14. The lowest BCUT2D eigenvalue weighted by atomic mass is 10.0. The van der Waals surface area contributed by atoms with Gasteiger partial charge in [-0.15, -0.1) is 0 Å². The topological polar surface area (TPSA) is 53.1 Å². The van der Waals surface area contributed by atoms with E-state index in [-0.39, 0.29) is 0 Å². The summed E-state index contributed by atoms with van der Waals surface area (Å²) < 4.78 is 0. The van der Waals surface area contributed by atoms with Crippen LogP contribution in [0.25, 0.3) is 11.3 Å². The van der Waals surface area contributed by atoms with E-state index in [9.17, 15) is 4.79 Å². The lowest BCUT2D eigenvalue weighted by molar-refractivity contribution is 0.0698. The number of carboxylic acid groups (broad SMARTS) is 1. The largest absolute Gasteiger partial charge is 0.478 e. The molecular formula is C13H13NO2. The van der Waals surface area contributed by atoms with E-state index >= 15 is 0 Å². The molecule has 0 aliphatic carbocycles. The van der Waals surface area contributed by atoms with Gasteiger partial charge in [0.2, 0.25) is 0 Å². The number of aromatic nitrogens is 1. The summed E-state index contributed by atoms with van der Waals surface area (Å²) in [5, 5.41) is 9.03. The van der Waals surface area contributed by atoms with Crippen molar-refractivity contribution in [1.82, 2.24) is 4.98 Å². The normalized spacial score (nSPS) is 10.4. The first-order valence-electron chi connectivity index (χ1n) is 5.07. The third-order valence-corrected chi connectivity index (χ3v) is 2.49. The Morgan fingerprint density at radius 1 is 1.19 bits per heavy atom. The van der Waals surface area contributed by atoms with Crippen molar-refractivity contribution in [1.29, 1.82) is 0 Å². The number of rotatable bonds is 2. The van der Waals surface area contributed by atoms with Gasteiger partial charge in [-0.3, -0.25) is 0 Å². The minimum atomic E-state index is -0.907. The molecule has 0 spiro atoms. The Morgan fingerprint density at radius 3 is 2.38 bits per heavy atom. The lowest BCUT2D eigenvalue weighted by Gasteiger charge is -2.04. The molecule has 0 radical (unpaired) electrons. The van der Waals surface area contributed by atoms with Crippen LogP contribution in [0.2, 0.25) is 0 Å². The molecule has 0 saturated heterocycles. The molecule has 0 fully saturated rings. The summed E-state index contributed by atoms with van der Waals surface area (Å²) >= 11 is 0. The highest BCUT2D eigenvalue weighted by Gasteiger charge is 2.12. The molecule has 0 amide bonds. The molecule has 82 valence electrons. The van der Waals surface area contributed by atoms with E-state index in [2.05, 4.69) is 11.1 Å². The molecule has 16 heavy (non-hydrogen) atoms. The maximum Gasteiger partial charge on any atom is 0.337 e. The van der Waals surface area contributed by atoms with Gasteiger partial charge in [0, 0.05) is 6.20 Å². The summed E-state index contributed by atoms with van der Waals surface area (Å²) in [6.07, 6.45) is 1.65. The summed E-state index contributed by atoms with van der Waals surface area (Å²) in [4.78, 5) is 14.0. The van der Waals surface area contributed by atoms with Crippen molar-refractivity contribution in [3.63, 3.8) is 0 Å². The molecule has 0 aliphatic heterocycles. The molecule has 0 aliphatic rings. The standard InChI is InChI=1S/C13H13NO2/c1-8-5-9(2)7-10(6-8)12-11(13(15)16)3-4-14-12/h3-7,14H,1-2H3,(H,15,16). The van der Waals surface area contributed by atoms with Gasteiger partial charge < -0.3 is 10.1 Å². The number of carbonyl (C=O) groups is 1. The van der Waals surface area contributed by atoms with E-state index in [1.54, 1.807) is 12.3 Å². The predicted molar refractivity (Wildman–Crippen MR) is 62.7 cm³/mol. The van der Waals surface area contributed by atoms with Crippen molar-refractivity contribution in [2.75, 3.05) is 0 Å². The van der Waals surface area contributed by atoms with Crippen molar-refractivity contribution in [2.24, 2.45) is 0 Å². The van der Waals surface area contributed by atoms with Crippen LogP contribution in [0.4, 0.5) is 0 Å². The molecule has 3 nitrogen and oxygen atoms in total. The van der Waals surface area contributed by atoms with E-state index in [0.717, 1.165) is 16.7 Å². The Labute approximate surface area is 93.7 Å². The number of aromatic carboxylic acids is 1. The average molecular weight is 215 g/mol. The Bertz CT molecular complexity index is 520. The monoisotopic (exact) mass is 215 g/mol. The first-order valence-corrected chi connectivity index (χ1v) is 5.07. The van der Waals surface area contributed by atoms with Gasteiger partial charge in [0.05, 0.1) is 11.3 Å². The van der Waals surface area contributed by atoms with Crippen molar-refractivity contribution in [2.45, 2.75) is 13.8 Å². The van der Waals surface area contributed by atoms with Crippen LogP contribution in [0.5, 0.6) is 0 Å². The fraction of sp³-hybridized carbons (Fsp3) is 0.154. The quantitative estimate of drug-likeness (QED) is 0.809. The molecule has 2 aromatic rings. The zero-order valence-electron chi connectivity index (χ0n) is 9.24. The number of aryl methyl sites for hydroxylation is 2. The van der Waals surface area contributed by atoms with Crippen LogP contribution in [0.3, 0.4) is 0 Å². The Kier molecular flexibility index (Phi) is 2.52. The van der Waals surface area contributed by atoms with Gasteiger partial charge in [-0.1, -0.05) is 17.2 Å². The molecule has 2 N–H and O–H groups in total. The number of H-pyrrole nitrogens is 1. The number of nitrogens with one attached hydrogen (secondary N) is 1. The van der Waals surface area contributed by atoms with E-state index in [1.807, 2.05) is 26.0 Å². The highest BCUT2D eigenvalue weighted by atomic mass is 16.4. The third kappa shape index (κ3) is 1.84. The van der Waals surface area contributed by atoms with Crippen LogP contribution in [0, 0.1) is 13.8 Å². The number of aromatic amines is 1. The molecule has 0 saturated carbocycles. The van der Waals surface area contributed by atoms with Crippen LogP contribution in [0.1, 0.15) is 21.5 Å². The number of benzene rings is 1. The molecule has 0 bridgehead atoms. The van der Waals surface area contributed by atoms with Crippen LogP contribution < -0.4 is 0 Å². The zero-order valence-corrected chi connectivity index (χ0v) is 9.24. The summed E-state index contributed by atoms with van der Waals surface area (Å²) in [7, 11) is 0. The summed E-state index contributed by atoms with van der Waals surface area (Å²) in [6, 6.07) is 7.60. The van der Waals surface area contributed by atoms with Gasteiger partial charge >= 0.3 is 5.97 Å². The first-order chi connectivity index (χ1) is 7.58. The number of hydrogen-bond acceptors (Lipinski definition) is 1. The van der Waals surface area contributed by atoms with E-state index in [4.69, 9.17) is 5.11 Å². The SMILES string of the molecule is Cc1cc(C)cc(-c2[nH]ccc2C(=O)O)c1. The van der Waals surface area contributed by atoms with Gasteiger partial charge in [-0.25, -0.2) is 4.79 Å². The Balaban J connectivity index is 2.58. The fourth-order valence-corrected chi connectivity index (χ4v) is 1.91. The maximum atomic E-state index is 11.0. The van der Waals surface area contributed by atoms with Gasteiger partial charge in [0.1, 0.15) is 0 Å². The number of carboxylic acids is 1.